The van der Waals surface area contributed by atoms with Crippen LogP contribution in [0.5, 0.6) is 0 Å². The van der Waals surface area contributed by atoms with Crippen molar-refractivity contribution < 1.29 is 9.59 Å². The van der Waals surface area contributed by atoms with E-state index in [9.17, 15) is 9.59 Å². The second-order valence-electron chi connectivity index (χ2n) is 8.23. The lowest BCUT2D eigenvalue weighted by atomic mass is 10.0. The molecule has 1 aromatic carbocycles. The molecule has 5 nitrogen and oxygen atoms in total. The monoisotopic (exact) mass is 417 g/mol. The van der Waals surface area contributed by atoms with E-state index in [1.807, 2.05) is 0 Å². The predicted octanol–water partition coefficient (Wildman–Crippen LogP) is 5.79. The van der Waals surface area contributed by atoms with E-state index < -0.39 is 5.91 Å². The van der Waals surface area contributed by atoms with Crippen LogP contribution in [0.2, 0.25) is 0 Å². The zero-order valence-electron chi connectivity index (χ0n) is 19.0. The van der Waals surface area contributed by atoms with E-state index in [0.29, 0.717) is 11.3 Å². The van der Waals surface area contributed by atoms with E-state index in [1.165, 1.54) is 83.5 Å². The molecule has 0 aliphatic rings. The van der Waals surface area contributed by atoms with Gasteiger partial charge in [0.2, 0.25) is 5.91 Å². The maximum absolute atomic E-state index is 12.0. The van der Waals surface area contributed by atoms with E-state index in [0.717, 1.165) is 13.0 Å². The first kappa shape index (κ1) is 26.2. The fourth-order valence-electron chi connectivity index (χ4n) is 3.65. The number of amides is 2. The second-order valence-corrected chi connectivity index (χ2v) is 8.23. The Morgan fingerprint density at radius 1 is 0.767 bits per heavy atom. The van der Waals surface area contributed by atoms with Crippen LogP contribution < -0.4 is 16.4 Å². The molecule has 0 aliphatic carbocycles. The van der Waals surface area contributed by atoms with Crippen molar-refractivity contribution in [2.24, 2.45) is 5.73 Å². The summed E-state index contributed by atoms with van der Waals surface area (Å²) in [6, 6.07) is 6.79. The Bertz CT molecular complexity index is 590. The topological polar surface area (TPSA) is 84.2 Å². The molecule has 0 atom stereocenters. The third-order valence-corrected chi connectivity index (χ3v) is 5.46. The first-order valence-corrected chi connectivity index (χ1v) is 12.0. The third kappa shape index (κ3) is 13.4. The maximum Gasteiger partial charge on any atom is 0.250 e. The van der Waals surface area contributed by atoms with Gasteiger partial charge in [0, 0.05) is 0 Å². The molecule has 30 heavy (non-hydrogen) atoms. The lowest BCUT2D eigenvalue weighted by molar-refractivity contribution is -0.115. The Kier molecular flexibility index (Phi) is 15.6. The Hall–Kier alpha value is -1.88. The lowest BCUT2D eigenvalue weighted by Gasteiger charge is -2.09. The van der Waals surface area contributed by atoms with Crippen molar-refractivity contribution >= 4 is 17.5 Å². The number of hydrogen-bond donors (Lipinski definition) is 3. The number of nitrogens with one attached hydrogen (secondary N) is 2. The minimum absolute atomic E-state index is 0.158. The SMILES string of the molecule is CCCCCCCCCCCCCCCCNCC(=O)Nc1ccccc1C(N)=O. The van der Waals surface area contributed by atoms with Crippen LogP contribution in [0.15, 0.2) is 24.3 Å². The van der Waals surface area contributed by atoms with Crippen LogP contribution in [0.25, 0.3) is 0 Å². The molecular formula is C25H43N3O2. The van der Waals surface area contributed by atoms with Crippen molar-refractivity contribution in [1.82, 2.24) is 5.32 Å². The highest BCUT2D eigenvalue weighted by Gasteiger charge is 2.09. The number of benzene rings is 1. The fourth-order valence-corrected chi connectivity index (χ4v) is 3.65. The molecule has 170 valence electrons. The average molecular weight is 418 g/mol. The van der Waals surface area contributed by atoms with Crippen LogP contribution in [-0.2, 0) is 4.79 Å². The predicted molar refractivity (Wildman–Crippen MR) is 127 cm³/mol. The number of carbonyl (C=O) groups excluding carboxylic acids is 2. The van der Waals surface area contributed by atoms with E-state index in [-0.39, 0.29) is 12.5 Å². The Labute approximate surface area is 183 Å². The van der Waals surface area contributed by atoms with Gasteiger partial charge in [-0.1, -0.05) is 103 Å². The molecule has 0 unspecified atom stereocenters. The van der Waals surface area contributed by atoms with Gasteiger partial charge in [0.05, 0.1) is 17.8 Å². The smallest absolute Gasteiger partial charge is 0.250 e. The van der Waals surface area contributed by atoms with Crippen LogP contribution in [-0.4, -0.2) is 24.9 Å². The molecular weight excluding hydrogens is 374 g/mol. The zero-order valence-corrected chi connectivity index (χ0v) is 19.0. The van der Waals surface area contributed by atoms with Crippen molar-refractivity contribution in [3.63, 3.8) is 0 Å². The summed E-state index contributed by atoms with van der Waals surface area (Å²) in [5, 5.41) is 5.91. The van der Waals surface area contributed by atoms with Crippen LogP contribution >= 0.6 is 0 Å². The van der Waals surface area contributed by atoms with Gasteiger partial charge < -0.3 is 16.4 Å². The normalized spacial score (nSPS) is 10.8. The summed E-state index contributed by atoms with van der Waals surface area (Å²) < 4.78 is 0. The third-order valence-electron chi connectivity index (χ3n) is 5.46. The molecule has 1 aromatic rings. The number of rotatable bonds is 19. The molecule has 2 amide bonds. The standard InChI is InChI=1S/C25H43N3O2/c1-2-3-4-5-6-7-8-9-10-11-12-13-14-17-20-27-21-24(29)28-23-19-16-15-18-22(23)25(26)30/h15-16,18-19,27H,2-14,17,20-21H2,1H3,(H2,26,30)(H,28,29). The summed E-state index contributed by atoms with van der Waals surface area (Å²) in [7, 11) is 0. The molecule has 1 rings (SSSR count). The molecule has 0 saturated carbocycles. The van der Waals surface area contributed by atoms with Gasteiger partial charge in [-0.2, -0.15) is 0 Å². The van der Waals surface area contributed by atoms with Gasteiger partial charge in [0.15, 0.2) is 0 Å². The second kappa shape index (κ2) is 17.9. The molecule has 0 aliphatic heterocycles. The number of anilines is 1. The molecule has 0 fully saturated rings. The first-order valence-electron chi connectivity index (χ1n) is 12.0. The number of primary amides is 1. The maximum atomic E-state index is 12.0. The molecule has 5 heteroatoms. The largest absolute Gasteiger partial charge is 0.366 e. The van der Waals surface area contributed by atoms with Gasteiger partial charge in [-0.15, -0.1) is 0 Å². The van der Waals surface area contributed by atoms with Crippen molar-refractivity contribution in [2.45, 2.75) is 96.8 Å². The average Bonchev–Trinajstić information content (AvgIpc) is 2.73. The van der Waals surface area contributed by atoms with E-state index in [1.54, 1.807) is 24.3 Å². The number of carbonyl (C=O) groups is 2. The molecule has 0 bridgehead atoms. The highest BCUT2D eigenvalue weighted by Crippen LogP contribution is 2.14. The van der Waals surface area contributed by atoms with Gasteiger partial charge in [-0.25, -0.2) is 0 Å². The highest BCUT2D eigenvalue weighted by atomic mass is 16.2. The van der Waals surface area contributed by atoms with Gasteiger partial charge >= 0.3 is 0 Å². The lowest BCUT2D eigenvalue weighted by Crippen LogP contribution is -2.29. The van der Waals surface area contributed by atoms with E-state index in [4.69, 9.17) is 5.73 Å². The minimum Gasteiger partial charge on any atom is -0.366 e. The number of nitrogens with two attached hydrogens (primary N) is 1. The Morgan fingerprint density at radius 2 is 1.27 bits per heavy atom. The molecule has 0 saturated heterocycles. The van der Waals surface area contributed by atoms with Crippen LogP contribution in [0, 0.1) is 0 Å². The Morgan fingerprint density at radius 3 is 1.80 bits per heavy atom. The van der Waals surface area contributed by atoms with Gasteiger partial charge in [-0.3, -0.25) is 9.59 Å². The van der Waals surface area contributed by atoms with E-state index in [2.05, 4.69) is 17.6 Å². The summed E-state index contributed by atoms with van der Waals surface area (Å²) >= 11 is 0. The summed E-state index contributed by atoms with van der Waals surface area (Å²) in [5.41, 5.74) is 6.12. The van der Waals surface area contributed by atoms with Crippen LogP contribution in [0.3, 0.4) is 0 Å². The Balaban J connectivity index is 1.90. The molecule has 4 N–H and O–H groups in total. The van der Waals surface area contributed by atoms with Crippen molar-refractivity contribution in [2.75, 3.05) is 18.4 Å². The first-order chi connectivity index (χ1) is 14.6. The van der Waals surface area contributed by atoms with Crippen molar-refractivity contribution in [3.8, 4) is 0 Å². The molecule has 0 heterocycles. The summed E-state index contributed by atoms with van der Waals surface area (Å²) in [5.74, 6) is -0.699. The zero-order chi connectivity index (χ0) is 21.9. The van der Waals surface area contributed by atoms with Crippen LogP contribution in [0.4, 0.5) is 5.69 Å². The molecule has 0 spiro atoms. The highest BCUT2D eigenvalue weighted by molar-refractivity contribution is 6.03. The van der Waals surface area contributed by atoms with Crippen molar-refractivity contribution in [3.05, 3.63) is 29.8 Å². The quantitative estimate of drug-likeness (QED) is 0.249. The number of hydrogen-bond acceptors (Lipinski definition) is 3. The van der Waals surface area contributed by atoms with E-state index >= 15 is 0 Å². The number of para-hydroxylation sites is 1. The van der Waals surface area contributed by atoms with Gasteiger partial charge in [0.1, 0.15) is 0 Å². The minimum atomic E-state index is -0.540. The summed E-state index contributed by atoms with van der Waals surface area (Å²) in [6.07, 6.45) is 18.8. The summed E-state index contributed by atoms with van der Waals surface area (Å²) in [6.45, 7) is 3.35. The molecule has 0 radical (unpaired) electrons. The summed E-state index contributed by atoms with van der Waals surface area (Å²) in [4.78, 5) is 23.4. The van der Waals surface area contributed by atoms with Crippen LogP contribution in [0.1, 0.15) is 107 Å². The van der Waals surface area contributed by atoms with Gasteiger partial charge in [0.25, 0.3) is 5.91 Å². The van der Waals surface area contributed by atoms with Crippen molar-refractivity contribution in [1.29, 1.82) is 0 Å². The van der Waals surface area contributed by atoms with Gasteiger partial charge in [-0.05, 0) is 25.1 Å². The molecule has 0 aromatic heterocycles. The number of unbranched alkanes of at least 4 members (excludes halogenated alkanes) is 13. The fraction of sp³-hybridized carbons (Fsp3) is 0.680.